The molecule has 35 heavy (non-hydrogen) atoms. The molecule has 0 aromatic heterocycles. The summed E-state index contributed by atoms with van der Waals surface area (Å²) in [6, 6.07) is 3.10. The topological polar surface area (TPSA) is 128 Å². The molecule has 2 unspecified atom stereocenters. The number of hydrogen-bond donors (Lipinski definition) is 3. The van der Waals surface area contributed by atoms with Gasteiger partial charge >= 0.3 is 6.36 Å². The predicted molar refractivity (Wildman–Crippen MR) is 123 cm³/mol. The Hall–Kier alpha value is -2.28. The molecule has 4 bridgehead atoms. The van der Waals surface area contributed by atoms with Crippen molar-refractivity contribution in [3.8, 4) is 5.75 Å². The molecule has 4 aliphatic rings. The molecule has 192 valence electrons. The molecule has 5 rings (SSSR count). The van der Waals surface area contributed by atoms with E-state index < -0.39 is 43.9 Å². The number of carbonyl (C=O) groups excluding carboxylic acids is 2. The van der Waals surface area contributed by atoms with Crippen LogP contribution in [0.1, 0.15) is 46.0 Å². The van der Waals surface area contributed by atoms with Crippen LogP contribution >= 0.6 is 0 Å². The standard InChI is InChI=1S/C22H29BF3N3O5S/c1-20(2,29-35(32,33)16-4-3-14(23)7-15(16)34-22(24,25)26)19(31)28-17-12-5-11-6-13(17)10-21(8-11,9-12)18(27)30/h3-4,7,11-13,17,29H,5-6,8-10,23H2,1-2H3,(H2,27,30)(H,28,31). The van der Waals surface area contributed by atoms with Crippen molar-refractivity contribution in [1.29, 1.82) is 0 Å². The maximum atomic E-state index is 13.2. The Kier molecular flexibility index (Phi) is 6.19. The summed E-state index contributed by atoms with van der Waals surface area (Å²) in [6.45, 7) is 2.69. The van der Waals surface area contributed by atoms with E-state index in [0.717, 1.165) is 31.4 Å². The van der Waals surface area contributed by atoms with Gasteiger partial charge in [-0.25, -0.2) is 8.42 Å². The molecule has 1 aromatic rings. The third-order valence-electron chi connectivity index (χ3n) is 7.67. The number of rotatable bonds is 7. The SMILES string of the molecule is Bc1ccc(S(=O)(=O)NC(C)(C)C(=O)NC2C3CC4CC2CC(C(N)=O)(C4)C3)c(OC(F)(F)F)c1. The molecular formula is C22H29BF3N3O5S. The van der Waals surface area contributed by atoms with Gasteiger partial charge in [-0.05, 0) is 75.8 Å². The third kappa shape index (κ3) is 5.02. The van der Waals surface area contributed by atoms with Crippen LogP contribution in [-0.2, 0) is 19.6 Å². The van der Waals surface area contributed by atoms with Gasteiger partial charge in [0.05, 0.1) is 0 Å². The summed E-state index contributed by atoms with van der Waals surface area (Å²) in [6.07, 6.45) is -1.40. The lowest BCUT2D eigenvalue weighted by Crippen LogP contribution is -2.65. The number of alkyl halides is 3. The minimum absolute atomic E-state index is 0.0639. The van der Waals surface area contributed by atoms with Crippen molar-refractivity contribution >= 4 is 35.1 Å². The van der Waals surface area contributed by atoms with Gasteiger partial charge in [0.2, 0.25) is 21.8 Å². The molecule has 4 N–H and O–H groups in total. The molecule has 4 aliphatic carbocycles. The number of primary amides is 1. The zero-order valence-electron chi connectivity index (χ0n) is 19.7. The van der Waals surface area contributed by atoms with Crippen LogP contribution in [0, 0.1) is 23.2 Å². The Morgan fingerprint density at radius 2 is 1.74 bits per heavy atom. The van der Waals surface area contributed by atoms with Gasteiger partial charge in [-0.1, -0.05) is 11.5 Å². The van der Waals surface area contributed by atoms with Crippen LogP contribution in [0.4, 0.5) is 13.2 Å². The van der Waals surface area contributed by atoms with Crippen molar-refractivity contribution in [3.05, 3.63) is 18.2 Å². The lowest BCUT2D eigenvalue weighted by atomic mass is 9.47. The summed E-state index contributed by atoms with van der Waals surface area (Å²) >= 11 is 0. The molecule has 4 fully saturated rings. The lowest BCUT2D eigenvalue weighted by molar-refractivity contribution is -0.275. The van der Waals surface area contributed by atoms with E-state index in [1.807, 2.05) is 0 Å². The molecule has 0 saturated heterocycles. The van der Waals surface area contributed by atoms with Gasteiger partial charge in [0.15, 0.2) is 0 Å². The second kappa shape index (κ2) is 8.40. The lowest BCUT2D eigenvalue weighted by Gasteiger charge is -2.59. The highest BCUT2D eigenvalue weighted by Gasteiger charge is 2.58. The predicted octanol–water partition coefficient (Wildman–Crippen LogP) is 0.697. The van der Waals surface area contributed by atoms with E-state index >= 15 is 0 Å². The van der Waals surface area contributed by atoms with Crippen molar-refractivity contribution in [2.24, 2.45) is 28.9 Å². The van der Waals surface area contributed by atoms with E-state index in [0.29, 0.717) is 24.2 Å². The fraction of sp³-hybridized carbons (Fsp3) is 0.636. The van der Waals surface area contributed by atoms with Gasteiger partial charge in [-0.2, -0.15) is 4.72 Å². The molecule has 2 atom stereocenters. The average Bonchev–Trinajstić information content (AvgIpc) is 2.67. The maximum absolute atomic E-state index is 13.2. The van der Waals surface area contributed by atoms with Gasteiger partial charge in [0, 0.05) is 11.5 Å². The number of sulfonamides is 1. The maximum Gasteiger partial charge on any atom is 0.573 e. The number of nitrogens with one attached hydrogen (secondary N) is 2. The number of ether oxygens (including phenoxy) is 1. The van der Waals surface area contributed by atoms with E-state index in [1.54, 1.807) is 0 Å². The largest absolute Gasteiger partial charge is 0.573 e. The monoisotopic (exact) mass is 515 g/mol. The molecule has 8 nitrogen and oxygen atoms in total. The van der Waals surface area contributed by atoms with Crippen LogP contribution in [0.5, 0.6) is 5.75 Å². The minimum atomic E-state index is -5.09. The summed E-state index contributed by atoms with van der Waals surface area (Å²) < 4.78 is 70.8. The zero-order chi connectivity index (χ0) is 26.0. The quantitative estimate of drug-likeness (QED) is 0.461. The van der Waals surface area contributed by atoms with Crippen LogP contribution in [0.2, 0.25) is 0 Å². The summed E-state index contributed by atoms with van der Waals surface area (Å²) in [7, 11) is -3.06. The molecule has 2 amide bonds. The Morgan fingerprint density at radius 1 is 1.14 bits per heavy atom. The van der Waals surface area contributed by atoms with Gasteiger partial charge in [-0.3, -0.25) is 9.59 Å². The second-order valence-corrected chi connectivity index (χ2v) is 12.5. The number of halogens is 3. The molecule has 4 saturated carbocycles. The molecule has 0 heterocycles. The van der Waals surface area contributed by atoms with Gasteiger partial charge in [0.25, 0.3) is 0 Å². The van der Waals surface area contributed by atoms with Crippen LogP contribution in [0.3, 0.4) is 0 Å². The molecule has 13 heteroatoms. The second-order valence-electron chi connectivity index (χ2n) is 10.8. The van der Waals surface area contributed by atoms with Gasteiger partial charge in [-0.15, -0.1) is 13.2 Å². The van der Waals surface area contributed by atoms with E-state index in [1.165, 1.54) is 27.8 Å². The number of carbonyl (C=O) groups is 2. The van der Waals surface area contributed by atoms with Crippen LogP contribution in [0.25, 0.3) is 0 Å². The number of benzene rings is 1. The van der Waals surface area contributed by atoms with E-state index in [2.05, 4.69) is 14.8 Å². The van der Waals surface area contributed by atoms with Gasteiger partial charge < -0.3 is 15.8 Å². The van der Waals surface area contributed by atoms with Crippen molar-refractivity contribution in [3.63, 3.8) is 0 Å². The normalized spacial score (nSPS) is 30.2. The van der Waals surface area contributed by atoms with Crippen LogP contribution < -0.4 is 26.0 Å². The average molecular weight is 515 g/mol. The first-order valence-electron chi connectivity index (χ1n) is 11.5. The van der Waals surface area contributed by atoms with Crippen molar-refractivity contribution in [2.75, 3.05) is 0 Å². The first-order valence-corrected chi connectivity index (χ1v) is 13.0. The number of hydrogen-bond acceptors (Lipinski definition) is 5. The van der Waals surface area contributed by atoms with Gasteiger partial charge in [0.1, 0.15) is 24.0 Å². The highest BCUT2D eigenvalue weighted by molar-refractivity contribution is 7.89. The first kappa shape index (κ1) is 25.8. The minimum Gasteiger partial charge on any atom is -0.404 e. The molecule has 0 aliphatic heterocycles. The van der Waals surface area contributed by atoms with Crippen LogP contribution in [0.15, 0.2) is 23.1 Å². The zero-order valence-corrected chi connectivity index (χ0v) is 20.6. The van der Waals surface area contributed by atoms with Crippen LogP contribution in [-0.4, -0.2) is 46.0 Å². The summed E-state index contributed by atoms with van der Waals surface area (Å²) in [5, 5.41) is 2.97. The van der Waals surface area contributed by atoms with Crippen molar-refractivity contribution in [1.82, 2.24) is 10.0 Å². The summed E-state index contributed by atoms with van der Waals surface area (Å²) in [5.41, 5.74) is 3.88. The Balaban J connectivity index is 1.51. The Bertz CT molecular complexity index is 1140. The third-order valence-corrected chi connectivity index (χ3v) is 9.36. The van der Waals surface area contributed by atoms with E-state index in [-0.39, 0.29) is 23.8 Å². The molecular weight excluding hydrogens is 486 g/mol. The van der Waals surface area contributed by atoms with E-state index in [9.17, 15) is 31.2 Å². The van der Waals surface area contributed by atoms with Crippen molar-refractivity contribution in [2.45, 2.75) is 68.8 Å². The van der Waals surface area contributed by atoms with E-state index in [4.69, 9.17) is 5.73 Å². The highest BCUT2D eigenvalue weighted by Crippen LogP contribution is 2.60. The molecule has 0 spiro atoms. The number of amides is 2. The fourth-order valence-corrected chi connectivity index (χ4v) is 7.86. The first-order chi connectivity index (χ1) is 16.0. The summed E-state index contributed by atoms with van der Waals surface area (Å²) in [5.74, 6) is -1.27. The Morgan fingerprint density at radius 3 is 2.29 bits per heavy atom. The van der Waals surface area contributed by atoms with Crippen molar-refractivity contribution < 1.29 is 35.9 Å². The highest BCUT2D eigenvalue weighted by atomic mass is 32.2. The molecule has 1 aromatic carbocycles. The Labute approximate surface area is 203 Å². The number of nitrogens with two attached hydrogens (primary N) is 1. The smallest absolute Gasteiger partial charge is 0.404 e. The fourth-order valence-electron chi connectivity index (χ4n) is 6.37. The molecule has 0 radical (unpaired) electrons. The summed E-state index contributed by atoms with van der Waals surface area (Å²) in [4.78, 5) is 24.6.